The summed E-state index contributed by atoms with van der Waals surface area (Å²) in [7, 11) is 0. The number of aliphatic hydroxyl groups is 1. The molecule has 3 heterocycles. The van der Waals surface area contributed by atoms with Gasteiger partial charge in [-0.2, -0.15) is 5.10 Å². The number of carbonyl (C=O) groups excluding carboxylic acids is 1. The minimum atomic E-state index is -0.483. The molecule has 3 aromatic rings. The van der Waals surface area contributed by atoms with Crippen LogP contribution in [-0.4, -0.2) is 45.9 Å². The van der Waals surface area contributed by atoms with E-state index < -0.39 is 11.6 Å². The molecule has 1 amide bonds. The van der Waals surface area contributed by atoms with Crippen LogP contribution < -0.4 is 10.2 Å². The number of aromatic nitrogens is 3. The van der Waals surface area contributed by atoms with Gasteiger partial charge in [0.15, 0.2) is 11.5 Å². The van der Waals surface area contributed by atoms with E-state index in [1.54, 1.807) is 6.07 Å². The Labute approximate surface area is 165 Å². The van der Waals surface area contributed by atoms with Gasteiger partial charge in [-0.1, -0.05) is 0 Å². The molecule has 29 heavy (non-hydrogen) atoms. The average Bonchev–Trinajstić information content (AvgIpc) is 3.35. The standard InChI is InChI=1S/C20H21F2N5O2/c21-13-4-5-16(22)14(10-13)17-3-1-7-27(17)19-15-9-12(11-24-18(15)25-26-19)20(29)23-6-2-8-28/h4-5,9-11,17,28H,1-3,6-8H2,(H,23,29)(H,24,25,26)/t17-/m1/s1. The predicted molar refractivity (Wildman–Crippen MR) is 104 cm³/mol. The highest BCUT2D eigenvalue weighted by molar-refractivity contribution is 5.99. The molecular weight excluding hydrogens is 380 g/mol. The smallest absolute Gasteiger partial charge is 0.252 e. The van der Waals surface area contributed by atoms with Crippen molar-refractivity contribution in [2.75, 3.05) is 24.6 Å². The van der Waals surface area contributed by atoms with Crippen LogP contribution in [0.4, 0.5) is 14.6 Å². The summed E-state index contributed by atoms with van der Waals surface area (Å²) in [6, 6.07) is 4.81. The molecule has 0 saturated carbocycles. The molecule has 152 valence electrons. The van der Waals surface area contributed by atoms with Crippen LogP contribution in [0.2, 0.25) is 0 Å². The number of amides is 1. The normalized spacial score (nSPS) is 16.5. The molecule has 0 aliphatic carbocycles. The number of aromatic amines is 1. The topological polar surface area (TPSA) is 94.1 Å². The number of hydrogen-bond acceptors (Lipinski definition) is 5. The molecule has 2 aromatic heterocycles. The quantitative estimate of drug-likeness (QED) is 0.552. The maximum atomic E-state index is 14.4. The first kappa shape index (κ1) is 19.3. The van der Waals surface area contributed by atoms with Crippen LogP contribution in [0.15, 0.2) is 30.5 Å². The van der Waals surface area contributed by atoms with Crippen molar-refractivity contribution in [3.63, 3.8) is 0 Å². The third kappa shape index (κ3) is 3.77. The van der Waals surface area contributed by atoms with E-state index in [9.17, 15) is 13.6 Å². The van der Waals surface area contributed by atoms with Crippen LogP contribution in [0.25, 0.3) is 11.0 Å². The summed E-state index contributed by atoms with van der Waals surface area (Å²) in [5.74, 6) is -0.674. The number of H-pyrrole nitrogens is 1. The SMILES string of the molecule is O=C(NCCCO)c1cnc2[nH]nc(N3CCC[C@@H]3c3cc(F)ccc3F)c2c1. The molecule has 0 radical (unpaired) electrons. The third-order valence-corrected chi connectivity index (χ3v) is 5.12. The Kier molecular flexibility index (Phi) is 5.39. The summed E-state index contributed by atoms with van der Waals surface area (Å²) in [6.07, 6.45) is 3.40. The van der Waals surface area contributed by atoms with E-state index in [4.69, 9.17) is 5.11 Å². The highest BCUT2D eigenvalue weighted by Crippen LogP contribution is 2.39. The molecule has 9 heteroatoms. The van der Waals surface area contributed by atoms with Crippen molar-refractivity contribution in [3.8, 4) is 0 Å². The molecule has 7 nitrogen and oxygen atoms in total. The molecule has 0 unspecified atom stereocenters. The lowest BCUT2D eigenvalue weighted by molar-refractivity contribution is 0.0951. The van der Waals surface area contributed by atoms with E-state index in [-0.39, 0.29) is 18.6 Å². The van der Waals surface area contributed by atoms with Crippen molar-refractivity contribution in [1.29, 1.82) is 0 Å². The molecule has 1 aromatic carbocycles. The van der Waals surface area contributed by atoms with Crippen molar-refractivity contribution >= 4 is 22.8 Å². The molecule has 1 aliphatic heterocycles. The predicted octanol–water partition coefficient (Wildman–Crippen LogP) is 2.69. The number of anilines is 1. The van der Waals surface area contributed by atoms with Crippen molar-refractivity contribution in [1.82, 2.24) is 20.5 Å². The summed E-state index contributed by atoms with van der Waals surface area (Å²) in [5.41, 5.74) is 1.17. The first-order valence-electron chi connectivity index (χ1n) is 9.53. The van der Waals surface area contributed by atoms with Gasteiger partial charge in [0.2, 0.25) is 0 Å². The van der Waals surface area contributed by atoms with Crippen molar-refractivity contribution in [2.24, 2.45) is 0 Å². The maximum absolute atomic E-state index is 14.4. The van der Waals surface area contributed by atoms with Gasteiger partial charge in [-0.25, -0.2) is 13.8 Å². The van der Waals surface area contributed by atoms with Crippen molar-refractivity contribution < 1.29 is 18.7 Å². The summed E-state index contributed by atoms with van der Waals surface area (Å²) < 4.78 is 28.1. The second kappa shape index (κ2) is 8.12. The average molecular weight is 401 g/mol. The lowest BCUT2D eigenvalue weighted by Crippen LogP contribution is -2.25. The Morgan fingerprint density at radius 1 is 1.34 bits per heavy atom. The van der Waals surface area contributed by atoms with Gasteiger partial charge in [0.25, 0.3) is 5.91 Å². The number of hydrogen-bond donors (Lipinski definition) is 3. The van der Waals surface area contributed by atoms with Crippen LogP contribution in [0.5, 0.6) is 0 Å². The van der Waals surface area contributed by atoms with E-state index in [0.29, 0.717) is 53.9 Å². The van der Waals surface area contributed by atoms with Crippen LogP contribution >= 0.6 is 0 Å². The Morgan fingerprint density at radius 3 is 3.03 bits per heavy atom. The molecule has 1 atom stereocenters. The highest BCUT2D eigenvalue weighted by atomic mass is 19.1. The van der Waals surface area contributed by atoms with Gasteiger partial charge < -0.3 is 15.3 Å². The second-order valence-electron chi connectivity index (χ2n) is 7.02. The zero-order chi connectivity index (χ0) is 20.4. The molecule has 1 fully saturated rings. The number of aliphatic hydroxyl groups excluding tert-OH is 1. The van der Waals surface area contributed by atoms with Gasteiger partial charge in [-0.3, -0.25) is 9.89 Å². The van der Waals surface area contributed by atoms with Crippen LogP contribution in [0.3, 0.4) is 0 Å². The molecule has 1 aliphatic rings. The first-order valence-corrected chi connectivity index (χ1v) is 9.53. The van der Waals surface area contributed by atoms with Gasteiger partial charge in [0.1, 0.15) is 11.6 Å². The minimum absolute atomic E-state index is 0.00354. The number of halogens is 2. The number of nitrogens with zero attached hydrogens (tertiary/aromatic N) is 3. The largest absolute Gasteiger partial charge is 0.396 e. The summed E-state index contributed by atoms with van der Waals surface area (Å²) in [6.45, 7) is 0.989. The fourth-order valence-corrected chi connectivity index (χ4v) is 3.73. The zero-order valence-electron chi connectivity index (χ0n) is 15.7. The van der Waals surface area contributed by atoms with E-state index in [2.05, 4.69) is 20.5 Å². The van der Waals surface area contributed by atoms with E-state index in [1.165, 1.54) is 12.3 Å². The van der Waals surface area contributed by atoms with Gasteiger partial charge in [0, 0.05) is 31.5 Å². The van der Waals surface area contributed by atoms with Gasteiger partial charge in [0.05, 0.1) is 17.0 Å². The minimum Gasteiger partial charge on any atom is -0.396 e. The Morgan fingerprint density at radius 2 is 2.21 bits per heavy atom. The number of fused-ring (bicyclic) bond motifs is 1. The fourth-order valence-electron chi connectivity index (χ4n) is 3.73. The number of pyridine rings is 1. The lowest BCUT2D eigenvalue weighted by Gasteiger charge is -2.25. The molecular formula is C20H21F2N5O2. The van der Waals surface area contributed by atoms with Crippen LogP contribution in [0.1, 0.15) is 41.2 Å². The van der Waals surface area contributed by atoms with E-state index in [0.717, 1.165) is 18.6 Å². The number of benzene rings is 1. The summed E-state index contributed by atoms with van der Waals surface area (Å²) in [5, 5.41) is 19.4. The molecule has 1 saturated heterocycles. The van der Waals surface area contributed by atoms with E-state index >= 15 is 0 Å². The van der Waals surface area contributed by atoms with Crippen molar-refractivity contribution in [2.45, 2.75) is 25.3 Å². The molecule has 4 rings (SSSR count). The molecule has 0 spiro atoms. The van der Waals surface area contributed by atoms with E-state index in [1.807, 2.05) is 4.90 Å². The summed E-state index contributed by atoms with van der Waals surface area (Å²) >= 11 is 0. The van der Waals surface area contributed by atoms with Gasteiger partial charge >= 0.3 is 0 Å². The number of nitrogens with one attached hydrogen (secondary N) is 2. The monoisotopic (exact) mass is 401 g/mol. The number of carbonyl (C=O) groups is 1. The second-order valence-corrected chi connectivity index (χ2v) is 7.02. The lowest BCUT2D eigenvalue weighted by atomic mass is 10.0. The Bertz CT molecular complexity index is 1040. The molecule has 0 bridgehead atoms. The number of rotatable bonds is 6. The zero-order valence-corrected chi connectivity index (χ0v) is 15.7. The van der Waals surface area contributed by atoms with Crippen LogP contribution in [0, 0.1) is 11.6 Å². The third-order valence-electron chi connectivity index (χ3n) is 5.12. The Hall–Kier alpha value is -3.07. The summed E-state index contributed by atoms with van der Waals surface area (Å²) in [4.78, 5) is 18.5. The van der Waals surface area contributed by atoms with Gasteiger partial charge in [-0.05, 0) is 43.5 Å². The van der Waals surface area contributed by atoms with Gasteiger partial charge in [-0.15, -0.1) is 0 Å². The maximum Gasteiger partial charge on any atom is 0.252 e. The highest BCUT2D eigenvalue weighted by Gasteiger charge is 2.31. The molecule has 3 N–H and O–H groups in total. The van der Waals surface area contributed by atoms with Crippen LogP contribution in [-0.2, 0) is 0 Å². The Balaban J connectivity index is 1.67. The van der Waals surface area contributed by atoms with Crippen molar-refractivity contribution in [3.05, 3.63) is 53.2 Å². The first-order chi connectivity index (χ1) is 14.1. The fraction of sp³-hybridized carbons (Fsp3) is 0.350.